The predicted octanol–water partition coefficient (Wildman–Crippen LogP) is 4.98. The maximum Gasteiger partial charge on any atom is 0.348 e. The van der Waals surface area contributed by atoms with Crippen molar-refractivity contribution >= 4 is 38.4 Å². The lowest BCUT2D eigenvalue weighted by Crippen LogP contribution is -2.07. The first-order valence-electron chi connectivity index (χ1n) is 8.21. The van der Waals surface area contributed by atoms with Gasteiger partial charge in [-0.2, -0.15) is 0 Å². The number of thiophene rings is 1. The lowest BCUT2D eigenvalue weighted by atomic mass is 10.0. The van der Waals surface area contributed by atoms with Crippen molar-refractivity contribution in [3.63, 3.8) is 0 Å². The molecule has 0 unspecified atom stereocenters. The Morgan fingerprint density at radius 1 is 1.08 bits per heavy atom. The molecular weight excluding hydrogens is 348 g/mol. The van der Waals surface area contributed by atoms with Gasteiger partial charge >= 0.3 is 11.6 Å². The van der Waals surface area contributed by atoms with Gasteiger partial charge in [-0.05, 0) is 54.6 Å². The summed E-state index contributed by atoms with van der Waals surface area (Å²) < 4.78 is 11.8. The van der Waals surface area contributed by atoms with E-state index in [0.717, 1.165) is 26.6 Å². The van der Waals surface area contributed by atoms with Gasteiger partial charge in [-0.3, -0.25) is 0 Å². The highest BCUT2D eigenvalue weighted by Gasteiger charge is 2.14. The third-order valence-corrected chi connectivity index (χ3v) is 5.53. The van der Waals surface area contributed by atoms with Crippen LogP contribution >= 0.6 is 11.3 Å². The van der Waals surface area contributed by atoms with E-state index in [9.17, 15) is 9.59 Å². The van der Waals surface area contributed by atoms with Crippen LogP contribution in [0.5, 0.6) is 0 Å². The number of hydrogen-bond donors (Lipinski definition) is 0. The number of esters is 1. The quantitative estimate of drug-likeness (QED) is 0.380. The Kier molecular flexibility index (Phi) is 4.09. The van der Waals surface area contributed by atoms with Gasteiger partial charge in [0.05, 0.1) is 0 Å². The molecule has 0 amide bonds. The van der Waals surface area contributed by atoms with Crippen LogP contribution in [-0.2, 0) is 11.3 Å². The summed E-state index contributed by atoms with van der Waals surface area (Å²) in [7, 11) is 0. The molecule has 0 aliphatic carbocycles. The molecule has 130 valence electrons. The average molecular weight is 364 g/mol. The normalized spacial score (nSPS) is 11.2. The number of ether oxygens (including phenoxy) is 1. The highest BCUT2D eigenvalue weighted by atomic mass is 32.1. The summed E-state index contributed by atoms with van der Waals surface area (Å²) in [6.45, 7) is 3.98. The molecule has 2 aromatic heterocycles. The minimum absolute atomic E-state index is 0.0255. The van der Waals surface area contributed by atoms with Gasteiger partial charge in [-0.25, -0.2) is 9.59 Å². The standard InChI is InChI=1S/C21H16O4S/c1-12-7-16-15(10-20(22)25-17(16)8-13(12)2)11-24-21(23)19-9-14-5-3-4-6-18(14)26-19/h3-10H,11H2,1-2H3. The molecule has 26 heavy (non-hydrogen) atoms. The molecule has 2 heterocycles. The topological polar surface area (TPSA) is 56.5 Å². The lowest BCUT2D eigenvalue weighted by Gasteiger charge is -2.08. The minimum atomic E-state index is -0.450. The number of fused-ring (bicyclic) bond motifs is 2. The summed E-state index contributed by atoms with van der Waals surface area (Å²) in [6, 6.07) is 14.8. The van der Waals surface area contributed by atoms with Gasteiger partial charge in [-0.1, -0.05) is 18.2 Å². The number of aryl methyl sites for hydroxylation is 2. The summed E-state index contributed by atoms with van der Waals surface area (Å²) in [6.07, 6.45) is 0. The fourth-order valence-electron chi connectivity index (χ4n) is 2.90. The molecule has 4 aromatic rings. The molecule has 0 saturated heterocycles. The first-order valence-corrected chi connectivity index (χ1v) is 9.02. The van der Waals surface area contributed by atoms with Crippen molar-refractivity contribution in [1.82, 2.24) is 0 Å². The van der Waals surface area contributed by atoms with Crippen molar-refractivity contribution in [3.8, 4) is 0 Å². The second kappa shape index (κ2) is 6.42. The smallest absolute Gasteiger partial charge is 0.348 e. The van der Waals surface area contributed by atoms with Gasteiger partial charge in [0.1, 0.15) is 17.1 Å². The molecule has 2 aromatic carbocycles. The average Bonchev–Trinajstić information content (AvgIpc) is 3.05. The van der Waals surface area contributed by atoms with E-state index >= 15 is 0 Å². The molecule has 0 spiro atoms. The van der Waals surface area contributed by atoms with Crippen molar-refractivity contribution in [3.05, 3.63) is 80.5 Å². The third-order valence-electron chi connectivity index (χ3n) is 4.43. The summed E-state index contributed by atoms with van der Waals surface area (Å²) in [5.41, 5.74) is 2.83. The Balaban J connectivity index is 1.64. The number of benzene rings is 2. The monoisotopic (exact) mass is 364 g/mol. The van der Waals surface area contributed by atoms with Gasteiger partial charge in [0.25, 0.3) is 0 Å². The molecule has 0 saturated carbocycles. The second-order valence-corrected chi connectivity index (χ2v) is 7.33. The van der Waals surface area contributed by atoms with Crippen LogP contribution < -0.4 is 5.63 Å². The minimum Gasteiger partial charge on any atom is -0.457 e. The first kappa shape index (κ1) is 16.5. The lowest BCUT2D eigenvalue weighted by molar-refractivity contribution is 0.0480. The van der Waals surface area contributed by atoms with Gasteiger partial charge in [0.2, 0.25) is 0 Å². The second-order valence-electron chi connectivity index (χ2n) is 6.25. The highest BCUT2D eigenvalue weighted by Crippen LogP contribution is 2.27. The molecule has 0 N–H and O–H groups in total. The SMILES string of the molecule is Cc1cc2oc(=O)cc(COC(=O)c3cc4ccccc4s3)c2cc1C. The van der Waals surface area contributed by atoms with E-state index in [4.69, 9.17) is 9.15 Å². The highest BCUT2D eigenvalue weighted by molar-refractivity contribution is 7.20. The Morgan fingerprint density at radius 3 is 2.65 bits per heavy atom. The van der Waals surface area contributed by atoms with Crippen molar-refractivity contribution in [2.45, 2.75) is 20.5 Å². The molecule has 4 nitrogen and oxygen atoms in total. The van der Waals surface area contributed by atoms with Crippen LogP contribution in [-0.4, -0.2) is 5.97 Å². The van der Waals surface area contributed by atoms with Gasteiger partial charge in [0.15, 0.2) is 0 Å². The number of carbonyl (C=O) groups excluding carboxylic acids is 1. The molecule has 4 rings (SSSR count). The van der Waals surface area contributed by atoms with E-state index < -0.39 is 11.6 Å². The van der Waals surface area contributed by atoms with Crippen LogP contribution in [0.2, 0.25) is 0 Å². The molecule has 0 fully saturated rings. The van der Waals surface area contributed by atoms with Crippen LogP contribution in [0.25, 0.3) is 21.1 Å². The predicted molar refractivity (Wildman–Crippen MR) is 103 cm³/mol. The molecular formula is C21H16O4S. The van der Waals surface area contributed by atoms with Crippen LogP contribution in [0.4, 0.5) is 0 Å². The largest absolute Gasteiger partial charge is 0.457 e. The molecule has 0 aliphatic heterocycles. The van der Waals surface area contributed by atoms with Crippen LogP contribution in [0.1, 0.15) is 26.4 Å². The van der Waals surface area contributed by atoms with Crippen LogP contribution in [0.3, 0.4) is 0 Å². The summed E-state index contributed by atoms with van der Waals surface area (Å²) >= 11 is 1.40. The van der Waals surface area contributed by atoms with Crippen LogP contribution in [0.15, 0.2) is 57.7 Å². The van der Waals surface area contributed by atoms with Gasteiger partial charge < -0.3 is 9.15 Å². The zero-order valence-electron chi connectivity index (χ0n) is 14.4. The van der Waals surface area contributed by atoms with E-state index in [2.05, 4.69) is 0 Å². The summed E-state index contributed by atoms with van der Waals surface area (Å²) in [5, 5.41) is 1.80. The Morgan fingerprint density at radius 2 is 1.85 bits per heavy atom. The van der Waals surface area contributed by atoms with Gasteiger partial charge in [0, 0.05) is 21.7 Å². The van der Waals surface area contributed by atoms with Crippen molar-refractivity contribution in [1.29, 1.82) is 0 Å². The van der Waals surface area contributed by atoms with Crippen molar-refractivity contribution < 1.29 is 13.9 Å². The summed E-state index contributed by atoms with van der Waals surface area (Å²) in [5.74, 6) is -0.392. The van der Waals surface area contributed by atoms with Crippen LogP contribution in [0, 0.1) is 13.8 Å². The Hall–Kier alpha value is -2.92. The van der Waals surface area contributed by atoms with Crippen molar-refractivity contribution in [2.75, 3.05) is 0 Å². The fourth-order valence-corrected chi connectivity index (χ4v) is 3.86. The fraction of sp³-hybridized carbons (Fsp3) is 0.143. The maximum absolute atomic E-state index is 12.4. The summed E-state index contributed by atoms with van der Waals surface area (Å²) in [4.78, 5) is 24.8. The molecule has 5 heteroatoms. The van der Waals surface area contributed by atoms with Gasteiger partial charge in [-0.15, -0.1) is 11.3 Å². The zero-order valence-corrected chi connectivity index (χ0v) is 15.2. The molecule has 0 aliphatic rings. The molecule has 0 bridgehead atoms. The van der Waals surface area contributed by atoms with E-state index in [0.29, 0.717) is 16.0 Å². The van der Waals surface area contributed by atoms with Crippen molar-refractivity contribution in [2.24, 2.45) is 0 Å². The first-order chi connectivity index (χ1) is 12.5. The third kappa shape index (κ3) is 3.02. The van der Waals surface area contributed by atoms with E-state index in [1.165, 1.54) is 17.4 Å². The maximum atomic E-state index is 12.4. The van der Waals surface area contributed by atoms with E-state index in [-0.39, 0.29) is 6.61 Å². The zero-order chi connectivity index (χ0) is 18.3. The Labute approximate surface area is 153 Å². The number of rotatable bonds is 3. The van der Waals surface area contributed by atoms with E-state index in [1.54, 1.807) is 0 Å². The van der Waals surface area contributed by atoms with E-state index in [1.807, 2.05) is 56.3 Å². The Bertz CT molecular complexity index is 1170. The number of hydrogen-bond acceptors (Lipinski definition) is 5. The molecule has 0 atom stereocenters. The molecule has 0 radical (unpaired) electrons. The number of carbonyl (C=O) groups is 1.